The van der Waals surface area contributed by atoms with Crippen molar-refractivity contribution in [2.75, 3.05) is 0 Å². The Labute approximate surface area is 152 Å². The third-order valence-electron chi connectivity index (χ3n) is 5.18. The normalized spacial score (nSPS) is 14.4. The van der Waals surface area contributed by atoms with E-state index in [1.54, 1.807) is 0 Å². The Hall–Kier alpha value is -3.20. The van der Waals surface area contributed by atoms with Gasteiger partial charge >= 0.3 is 0 Å². The average Bonchev–Trinajstić information content (AvgIpc) is 2.68. The van der Waals surface area contributed by atoms with Gasteiger partial charge in [0.25, 0.3) is 0 Å². The van der Waals surface area contributed by atoms with Crippen LogP contribution in [0.1, 0.15) is 25.0 Å². The van der Waals surface area contributed by atoms with Crippen molar-refractivity contribution in [1.82, 2.24) is 9.97 Å². The van der Waals surface area contributed by atoms with Crippen LogP contribution >= 0.6 is 0 Å². The minimum absolute atomic E-state index is 0.134. The van der Waals surface area contributed by atoms with E-state index >= 15 is 0 Å². The number of hydrogen-bond acceptors (Lipinski definition) is 3. The molecule has 1 aliphatic heterocycles. The quantitative estimate of drug-likeness (QED) is 0.445. The van der Waals surface area contributed by atoms with Crippen molar-refractivity contribution >= 4 is 11.0 Å². The fourth-order valence-electron chi connectivity index (χ4n) is 3.70. The second kappa shape index (κ2) is 5.40. The first-order chi connectivity index (χ1) is 12.6. The van der Waals surface area contributed by atoms with E-state index in [-0.39, 0.29) is 5.41 Å². The molecular weight excluding hydrogens is 320 g/mol. The fraction of sp³-hybridized carbons (Fsp3) is 0.130. The Morgan fingerprint density at radius 2 is 1.50 bits per heavy atom. The molecule has 0 N–H and O–H groups in total. The number of ether oxygens (including phenoxy) is 1. The first kappa shape index (κ1) is 15.1. The highest BCUT2D eigenvalue weighted by Crippen LogP contribution is 2.48. The summed E-state index contributed by atoms with van der Waals surface area (Å²) in [5, 5.41) is 0. The summed E-state index contributed by atoms with van der Waals surface area (Å²) in [5.74, 6) is 1.84. The monoisotopic (exact) mass is 338 g/mol. The van der Waals surface area contributed by atoms with Crippen molar-refractivity contribution < 1.29 is 4.74 Å². The third kappa shape index (κ3) is 2.21. The van der Waals surface area contributed by atoms with Crippen LogP contribution in [0.15, 0.2) is 72.9 Å². The number of rotatable bonds is 1. The van der Waals surface area contributed by atoms with Gasteiger partial charge < -0.3 is 4.74 Å². The Kier molecular flexibility index (Phi) is 3.13. The molecule has 3 nitrogen and oxygen atoms in total. The zero-order valence-corrected chi connectivity index (χ0v) is 14.7. The average molecular weight is 338 g/mol. The van der Waals surface area contributed by atoms with Gasteiger partial charge in [0, 0.05) is 22.1 Å². The summed E-state index contributed by atoms with van der Waals surface area (Å²) in [6, 6.07) is 22.5. The van der Waals surface area contributed by atoms with Crippen molar-refractivity contribution in [2.24, 2.45) is 0 Å². The molecule has 0 unspecified atom stereocenters. The summed E-state index contributed by atoms with van der Waals surface area (Å²) in [6.07, 6.45) is 1.84. The number of nitrogens with zero attached hydrogens (tertiary/aromatic N) is 2. The zero-order chi connectivity index (χ0) is 17.7. The Bertz CT molecular complexity index is 1150. The van der Waals surface area contributed by atoms with Crippen molar-refractivity contribution in [1.29, 1.82) is 0 Å². The van der Waals surface area contributed by atoms with Gasteiger partial charge in [-0.15, -0.1) is 0 Å². The van der Waals surface area contributed by atoms with Gasteiger partial charge in [0.05, 0.1) is 22.9 Å². The lowest BCUT2D eigenvalue weighted by Gasteiger charge is -2.34. The second-order valence-electron chi connectivity index (χ2n) is 7.18. The highest BCUT2D eigenvalue weighted by Gasteiger charge is 2.34. The smallest absolute Gasteiger partial charge is 0.131 e. The van der Waals surface area contributed by atoms with E-state index in [4.69, 9.17) is 9.72 Å². The molecule has 26 heavy (non-hydrogen) atoms. The number of fused-ring (bicyclic) bond motifs is 3. The molecule has 0 bridgehead atoms. The van der Waals surface area contributed by atoms with Crippen LogP contribution in [-0.4, -0.2) is 9.97 Å². The van der Waals surface area contributed by atoms with Gasteiger partial charge in [-0.2, -0.15) is 0 Å². The fourth-order valence-corrected chi connectivity index (χ4v) is 3.70. The number of benzene rings is 3. The molecule has 3 aromatic carbocycles. The van der Waals surface area contributed by atoms with E-state index in [0.717, 1.165) is 33.8 Å². The molecule has 1 aromatic heterocycles. The molecule has 0 saturated carbocycles. The van der Waals surface area contributed by atoms with Crippen LogP contribution in [0, 0.1) is 0 Å². The molecule has 0 atom stereocenters. The van der Waals surface area contributed by atoms with E-state index in [2.05, 4.69) is 43.1 Å². The lowest BCUT2D eigenvalue weighted by Crippen LogP contribution is -2.24. The molecule has 0 fully saturated rings. The predicted octanol–water partition coefficient (Wildman–Crippen LogP) is 5.73. The largest absolute Gasteiger partial charge is 0.457 e. The van der Waals surface area contributed by atoms with Crippen LogP contribution in [0.4, 0.5) is 0 Å². The number of aromatic nitrogens is 2. The molecular formula is C23H18N2O. The standard InChI is InChI=1S/C23H18N2O/c1-23(2)16-7-3-6-10-21(16)26-22-12-11-15(13-17(22)23)20-14-24-18-8-4-5-9-19(18)25-20/h3-14H,1-2H3. The molecule has 0 spiro atoms. The van der Waals surface area contributed by atoms with Gasteiger partial charge in [-0.1, -0.05) is 44.2 Å². The Balaban J connectivity index is 1.66. The first-order valence-electron chi connectivity index (χ1n) is 8.77. The summed E-state index contributed by atoms with van der Waals surface area (Å²) in [6.45, 7) is 4.48. The summed E-state index contributed by atoms with van der Waals surface area (Å²) in [5.41, 5.74) is 5.98. The molecule has 5 rings (SSSR count). The maximum Gasteiger partial charge on any atom is 0.131 e. The predicted molar refractivity (Wildman–Crippen MR) is 104 cm³/mol. The van der Waals surface area contributed by atoms with Crippen molar-refractivity contribution in [2.45, 2.75) is 19.3 Å². The van der Waals surface area contributed by atoms with Crippen molar-refractivity contribution in [3.8, 4) is 22.8 Å². The van der Waals surface area contributed by atoms with E-state index in [1.165, 1.54) is 11.1 Å². The Morgan fingerprint density at radius 3 is 2.38 bits per heavy atom. The van der Waals surface area contributed by atoms with E-state index in [0.29, 0.717) is 0 Å². The minimum Gasteiger partial charge on any atom is -0.457 e. The Morgan fingerprint density at radius 1 is 0.769 bits per heavy atom. The van der Waals surface area contributed by atoms with Crippen LogP contribution in [0.2, 0.25) is 0 Å². The van der Waals surface area contributed by atoms with Crippen LogP contribution < -0.4 is 4.74 Å². The van der Waals surface area contributed by atoms with Gasteiger partial charge in [0.2, 0.25) is 0 Å². The highest BCUT2D eigenvalue weighted by atomic mass is 16.5. The number of hydrogen-bond donors (Lipinski definition) is 0. The van der Waals surface area contributed by atoms with E-state index in [9.17, 15) is 0 Å². The molecule has 126 valence electrons. The molecule has 0 amide bonds. The van der Waals surface area contributed by atoms with Crippen LogP contribution in [0.5, 0.6) is 11.5 Å². The van der Waals surface area contributed by atoms with Crippen LogP contribution in [0.25, 0.3) is 22.3 Å². The van der Waals surface area contributed by atoms with Gasteiger partial charge in [0.15, 0.2) is 0 Å². The molecule has 3 heteroatoms. The minimum atomic E-state index is -0.134. The van der Waals surface area contributed by atoms with Crippen molar-refractivity contribution in [3.63, 3.8) is 0 Å². The SMILES string of the molecule is CC1(C)c2ccccc2Oc2ccc(-c3cnc4ccccc4n3)cc21. The van der Waals surface area contributed by atoms with Crippen LogP contribution in [-0.2, 0) is 5.41 Å². The summed E-state index contributed by atoms with van der Waals surface area (Å²) >= 11 is 0. The molecule has 1 aliphatic rings. The summed E-state index contributed by atoms with van der Waals surface area (Å²) in [4.78, 5) is 9.33. The highest BCUT2D eigenvalue weighted by molar-refractivity contribution is 5.77. The number of para-hydroxylation sites is 3. The molecule has 0 aliphatic carbocycles. The molecule has 2 heterocycles. The first-order valence-corrected chi connectivity index (χ1v) is 8.77. The molecule has 4 aromatic rings. The molecule has 0 radical (unpaired) electrons. The zero-order valence-electron chi connectivity index (χ0n) is 14.7. The van der Waals surface area contributed by atoms with Gasteiger partial charge in [-0.3, -0.25) is 4.98 Å². The van der Waals surface area contributed by atoms with E-state index in [1.807, 2.05) is 48.7 Å². The maximum absolute atomic E-state index is 6.14. The third-order valence-corrected chi connectivity index (χ3v) is 5.18. The van der Waals surface area contributed by atoms with Gasteiger partial charge in [-0.05, 0) is 36.4 Å². The summed E-state index contributed by atoms with van der Waals surface area (Å²) < 4.78 is 6.14. The van der Waals surface area contributed by atoms with E-state index < -0.39 is 0 Å². The topological polar surface area (TPSA) is 35.0 Å². The van der Waals surface area contributed by atoms with Crippen molar-refractivity contribution in [3.05, 3.63) is 84.1 Å². The van der Waals surface area contributed by atoms with Gasteiger partial charge in [0.1, 0.15) is 11.5 Å². The molecule has 0 saturated heterocycles. The lowest BCUT2D eigenvalue weighted by atomic mass is 9.75. The second-order valence-corrected chi connectivity index (χ2v) is 7.18. The maximum atomic E-state index is 6.14. The summed E-state index contributed by atoms with van der Waals surface area (Å²) in [7, 11) is 0. The van der Waals surface area contributed by atoms with Gasteiger partial charge in [-0.25, -0.2) is 4.98 Å². The lowest BCUT2D eigenvalue weighted by molar-refractivity contribution is 0.418. The van der Waals surface area contributed by atoms with Crippen LogP contribution in [0.3, 0.4) is 0 Å².